The maximum absolute atomic E-state index is 13.2. The zero-order chi connectivity index (χ0) is 22.0. The largest absolute Gasteiger partial charge is 0.481 e. The SMILES string of the molecule is CCOC(=O)c1cc(Cc2ccccc2)sc1NC(=O)[C@@H]1[C@@H](C(=O)O)[C@H]2C=C[C@H]1CC2. The molecule has 0 aliphatic heterocycles. The van der Waals surface area contributed by atoms with Crippen molar-refractivity contribution in [2.75, 3.05) is 11.9 Å². The van der Waals surface area contributed by atoms with Crippen LogP contribution in [0, 0.1) is 23.7 Å². The number of ether oxygens (including phenoxy) is 1. The summed E-state index contributed by atoms with van der Waals surface area (Å²) in [5.74, 6) is -3.38. The lowest BCUT2D eigenvalue weighted by atomic mass is 9.62. The number of hydrogen-bond acceptors (Lipinski definition) is 5. The van der Waals surface area contributed by atoms with Crippen LogP contribution < -0.4 is 5.32 Å². The number of esters is 1. The van der Waals surface area contributed by atoms with Crippen LogP contribution in [0.15, 0.2) is 48.6 Å². The summed E-state index contributed by atoms with van der Waals surface area (Å²) in [6, 6.07) is 11.6. The molecular formula is C24H25NO5S. The van der Waals surface area contributed by atoms with Crippen LogP contribution in [0.25, 0.3) is 0 Å². The van der Waals surface area contributed by atoms with Crippen molar-refractivity contribution < 1.29 is 24.2 Å². The molecule has 5 rings (SSSR count). The first-order valence-corrected chi connectivity index (χ1v) is 11.3. The summed E-state index contributed by atoms with van der Waals surface area (Å²) in [4.78, 5) is 38.6. The van der Waals surface area contributed by atoms with Gasteiger partial charge in [0.2, 0.25) is 5.91 Å². The lowest BCUT2D eigenvalue weighted by molar-refractivity contribution is -0.151. The van der Waals surface area contributed by atoms with Gasteiger partial charge in [0.05, 0.1) is 24.0 Å². The van der Waals surface area contributed by atoms with E-state index in [2.05, 4.69) is 5.32 Å². The number of aliphatic carboxylic acids is 1. The number of rotatable bonds is 7. The van der Waals surface area contributed by atoms with Crippen molar-refractivity contribution in [3.63, 3.8) is 0 Å². The summed E-state index contributed by atoms with van der Waals surface area (Å²) >= 11 is 1.33. The molecule has 0 unspecified atom stereocenters. The molecule has 1 fully saturated rings. The van der Waals surface area contributed by atoms with Crippen LogP contribution in [0.3, 0.4) is 0 Å². The van der Waals surface area contributed by atoms with Gasteiger partial charge in [-0.2, -0.15) is 0 Å². The summed E-state index contributed by atoms with van der Waals surface area (Å²) in [5.41, 5.74) is 1.41. The Hall–Kier alpha value is -2.93. The molecule has 1 aromatic carbocycles. The average molecular weight is 440 g/mol. The van der Waals surface area contributed by atoms with Crippen LogP contribution in [0.2, 0.25) is 0 Å². The van der Waals surface area contributed by atoms with E-state index in [4.69, 9.17) is 4.74 Å². The van der Waals surface area contributed by atoms with Gasteiger partial charge >= 0.3 is 11.9 Å². The van der Waals surface area contributed by atoms with Gasteiger partial charge in [-0.25, -0.2) is 4.79 Å². The van der Waals surface area contributed by atoms with Crippen molar-refractivity contribution in [3.8, 4) is 0 Å². The fourth-order valence-electron chi connectivity index (χ4n) is 4.66. The van der Waals surface area contributed by atoms with E-state index >= 15 is 0 Å². The normalized spacial score (nSPS) is 24.0. The van der Waals surface area contributed by atoms with Gasteiger partial charge in [0, 0.05) is 11.3 Å². The quantitative estimate of drug-likeness (QED) is 0.494. The lowest BCUT2D eigenvalue weighted by Gasteiger charge is -2.41. The zero-order valence-corrected chi connectivity index (χ0v) is 18.1. The number of allylic oxidation sites excluding steroid dienone is 2. The first-order valence-electron chi connectivity index (χ1n) is 10.5. The third-order valence-electron chi connectivity index (χ3n) is 6.07. The second-order valence-electron chi connectivity index (χ2n) is 8.01. The van der Waals surface area contributed by atoms with Crippen LogP contribution >= 0.6 is 11.3 Å². The molecule has 0 spiro atoms. The first-order chi connectivity index (χ1) is 15.0. The number of benzene rings is 1. The molecule has 0 radical (unpaired) electrons. The minimum Gasteiger partial charge on any atom is -0.481 e. The van der Waals surface area contributed by atoms with Gasteiger partial charge in [-0.15, -0.1) is 11.3 Å². The van der Waals surface area contributed by atoms with Gasteiger partial charge in [-0.05, 0) is 43.2 Å². The predicted molar refractivity (Wildman–Crippen MR) is 118 cm³/mol. The molecule has 2 bridgehead atoms. The molecule has 3 aliphatic rings. The minimum absolute atomic E-state index is 0.0964. The smallest absolute Gasteiger partial charge is 0.341 e. The Morgan fingerprint density at radius 2 is 1.77 bits per heavy atom. The Bertz CT molecular complexity index is 1010. The van der Waals surface area contributed by atoms with Gasteiger partial charge in [0.25, 0.3) is 0 Å². The number of thiophene rings is 1. The maximum atomic E-state index is 13.2. The van der Waals surface area contributed by atoms with E-state index in [9.17, 15) is 19.5 Å². The van der Waals surface area contributed by atoms with Crippen molar-refractivity contribution in [2.45, 2.75) is 26.2 Å². The number of amides is 1. The van der Waals surface area contributed by atoms with Crippen LogP contribution in [-0.2, 0) is 20.7 Å². The number of nitrogens with one attached hydrogen (secondary N) is 1. The van der Waals surface area contributed by atoms with Gasteiger partial charge < -0.3 is 15.2 Å². The maximum Gasteiger partial charge on any atom is 0.341 e. The minimum atomic E-state index is -0.944. The van der Waals surface area contributed by atoms with E-state index in [0.717, 1.165) is 23.3 Å². The molecule has 1 saturated carbocycles. The van der Waals surface area contributed by atoms with E-state index in [-0.39, 0.29) is 24.3 Å². The number of carbonyl (C=O) groups excluding carboxylic acids is 2. The van der Waals surface area contributed by atoms with Gasteiger partial charge in [-0.1, -0.05) is 42.5 Å². The number of anilines is 1. The van der Waals surface area contributed by atoms with Crippen molar-refractivity contribution in [1.82, 2.24) is 0 Å². The van der Waals surface area contributed by atoms with Crippen molar-refractivity contribution in [2.24, 2.45) is 23.7 Å². The summed E-state index contributed by atoms with van der Waals surface area (Å²) in [6.07, 6.45) is 6.12. The molecular weight excluding hydrogens is 414 g/mol. The number of carboxylic acid groups (broad SMARTS) is 1. The number of fused-ring (bicyclic) bond motifs is 2. The molecule has 31 heavy (non-hydrogen) atoms. The summed E-state index contributed by atoms with van der Waals surface area (Å²) in [5, 5.41) is 13.0. The van der Waals surface area contributed by atoms with Crippen molar-refractivity contribution in [3.05, 3.63) is 64.6 Å². The number of hydrogen-bond donors (Lipinski definition) is 2. The number of carboxylic acids is 1. The second kappa shape index (κ2) is 9.06. The molecule has 7 heteroatoms. The third-order valence-corrected chi connectivity index (χ3v) is 7.12. The van der Waals surface area contributed by atoms with Gasteiger partial charge in [0.1, 0.15) is 5.00 Å². The van der Waals surface area contributed by atoms with Gasteiger partial charge in [-0.3, -0.25) is 9.59 Å². The van der Waals surface area contributed by atoms with Crippen LogP contribution in [0.1, 0.15) is 40.6 Å². The van der Waals surface area contributed by atoms with Crippen molar-refractivity contribution in [1.29, 1.82) is 0 Å². The molecule has 6 nitrogen and oxygen atoms in total. The summed E-state index contributed by atoms with van der Waals surface area (Å²) in [7, 11) is 0. The van der Waals surface area contributed by atoms with E-state index in [0.29, 0.717) is 17.0 Å². The molecule has 0 saturated heterocycles. The molecule has 4 atom stereocenters. The van der Waals surface area contributed by atoms with E-state index in [1.807, 2.05) is 42.5 Å². The Kier molecular flexibility index (Phi) is 6.23. The van der Waals surface area contributed by atoms with Crippen molar-refractivity contribution >= 4 is 34.2 Å². The second-order valence-corrected chi connectivity index (χ2v) is 9.14. The molecule has 162 valence electrons. The molecule has 1 heterocycles. The van der Waals surface area contributed by atoms with Crippen LogP contribution in [-0.4, -0.2) is 29.6 Å². The van der Waals surface area contributed by atoms with E-state index in [1.54, 1.807) is 13.0 Å². The Balaban J connectivity index is 1.60. The summed E-state index contributed by atoms with van der Waals surface area (Å²) < 4.78 is 5.18. The molecule has 1 aromatic heterocycles. The van der Waals surface area contributed by atoms with E-state index < -0.39 is 23.8 Å². The molecule has 1 amide bonds. The highest BCUT2D eigenvalue weighted by molar-refractivity contribution is 7.16. The monoisotopic (exact) mass is 439 g/mol. The zero-order valence-electron chi connectivity index (χ0n) is 17.2. The summed E-state index contributed by atoms with van der Waals surface area (Å²) in [6.45, 7) is 1.96. The Morgan fingerprint density at radius 1 is 1.10 bits per heavy atom. The van der Waals surface area contributed by atoms with E-state index in [1.165, 1.54) is 11.3 Å². The molecule has 2 N–H and O–H groups in total. The highest BCUT2D eigenvalue weighted by atomic mass is 32.1. The van der Waals surface area contributed by atoms with Gasteiger partial charge in [0.15, 0.2) is 0 Å². The van der Waals surface area contributed by atoms with Crippen LogP contribution in [0.4, 0.5) is 5.00 Å². The number of carbonyl (C=O) groups is 3. The fourth-order valence-corrected chi connectivity index (χ4v) is 5.74. The highest BCUT2D eigenvalue weighted by Gasteiger charge is 2.48. The average Bonchev–Trinajstić information content (AvgIpc) is 3.16. The highest BCUT2D eigenvalue weighted by Crippen LogP contribution is 2.45. The standard InChI is InChI=1S/C24H25NO5S/c1-2-30-24(29)18-13-17(12-14-6-4-3-5-7-14)31-22(18)25-21(26)19-15-8-10-16(11-9-15)20(19)23(27)28/h3-8,10,13,15-16,19-20H,2,9,11-12H2,1H3,(H,25,26)(H,27,28)/t15-,16-,19-,20-/m0/s1. The predicted octanol–water partition coefficient (Wildman–Crippen LogP) is 4.37. The van der Waals surface area contributed by atoms with Crippen LogP contribution in [0.5, 0.6) is 0 Å². The Labute approximate surface area is 184 Å². The molecule has 2 aromatic rings. The Morgan fingerprint density at radius 3 is 2.39 bits per heavy atom. The molecule has 3 aliphatic carbocycles. The third kappa shape index (κ3) is 4.42. The first kappa shape index (κ1) is 21.3. The topological polar surface area (TPSA) is 92.7 Å². The lowest BCUT2D eigenvalue weighted by Crippen LogP contribution is -2.47. The fraction of sp³-hybridized carbons (Fsp3) is 0.375.